The zero-order valence-electron chi connectivity index (χ0n) is 27.8. The third kappa shape index (κ3) is 5.46. The Hall–Kier alpha value is -4.55. The molecule has 4 aromatic rings. The van der Waals surface area contributed by atoms with Gasteiger partial charge in [-0.3, -0.25) is 0 Å². The zero-order valence-corrected chi connectivity index (χ0v) is 29.8. The minimum atomic E-state index is -2.37. The largest absolute Gasteiger partial charge is 0.631 e. The number of fused-ring (bicyclic) bond motifs is 4. The molecule has 4 aliphatic rings. The molecule has 14 heteroatoms. The molecule has 238 valence electrons. The molecule has 8 rings (SSSR count). The van der Waals surface area contributed by atoms with E-state index in [1.807, 2.05) is 97.1 Å². The molecule has 8 nitrogen and oxygen atoms in total. The highest BCUT2D eigenvalue weighted by molar-refractivity contribution is 6.99. The second-order valence-electron chi connectivity index (χ2n) is 14.2. The van der Waals surface area contributed by atoms with E-state index < -0.39 is 44.6 Å². The van der Waals surface area contributed by atoms with Crippen molar-refractivity contribution in [1.29, 1.82) is 0 Å². The molecular weight excluding hydrogens is 636 g/mol. The fourth-order valence-corrected chi connectivity index (χ4v) is 10.4. The van der Waals surface area contributed by atoms with Crippen LogP contribution in [0.4, 0.5) is 0 Å². The van der Waals surface area contributed by atoms with Gasteiger partial charge in [-0.1, -0.05) is 87.8 Å². The summed E-state index contributed by atoms with van der Waals surface area (Å²) in [5, 5.41) is 1.92. The van der Waals surface area contributed by atoms with E-state index in [0.29, 0.717) is 46.0 Å². The monoisotopic (exact) mass is 670 g/mol. The minimum Gasteiger partial charge on any atom is -0.520 e. The molecule has 0 amide bonds. The number of para-hydroxylation sites is 8. The summed E-state index contributed by atoms with van der Waals surface area (Å²) in [6.07, 6.45) is 0. The van der Waals surface area contributed by atoms with Crippen molar-refractivity contribution in [3.8, 4) is 46.0 Å². The van der Waals surface area contributed by atoms with Crippen LogP contribution in [-0.4, -0.2) is 44.6 Å². The van der Waals surface area contributed by atoms with Gasteiger partial charge in [0.25, 0.3) is 0 Å². The summed E-state index contributed by atoms with van der Waals surface area (Å²) >= 11 is 0. The molecule has 0 saturated heterocycles. The maximum atomic E-state index is 6.71. The van der Waals surface area contributed by atoms with Gasteiger partial charge in [0.2, 0.25) is 0 Å². The van der Waals surface area contributed by atoms with Crippen LogP contribution in [0.15, 0.2) is 118 Å². The molecule has 4 heterocycles. The number of benzene rings is 4. The molecule has 0 saturated carbocycles. The number of allylic oxidation sites excluding steroid dienone is 2. The Morgan fingerprint density at radius 3 is 0.708 bits per heavy atom. The lowest BCUT2D eigenvalue weighted by atomic mass is 9.56. The highest BCUT2D eigenvalue weighted by Gasteiger charge is 2.57. The molecule has 0 N–H and O–H groups in total. The molecular formula is C34H34B4O8Si2. The van der Waals surface area contributed by atoms with Crippen LogP contribution in [0.1, 0.15) is 0 Å². The maximum Gasteiger partial charge on any atom is 0.631 e. The van der Waals surface area contributed by atoms with Crippen LogP contribution in [0.5, 0.6) is 46.0 Å². The topological polar surface area (TPSA) is 73.8 Å². The summed E-state index contributed by atoms with van der Waals surface area (Å²) in [5.74, 6) is 5.34. The van der Waals surface area contributed by atoms with E-state index in [2.05, 4.69) is 39.3 Å². The van der Waals surface area contributed by atoms with Crippen LogP contribution >= 0.6 is 0 Å². The maximum absolute atomic E-state index is 6.71. The first-order valence-corrected chi connectivity index (χ1v) is 23.2. The van der Waals surface area contributed by atoms with Gasteiger partial charge >= 0.3 is 28.5 Å². The second-order valence-corrected chi connectivity index (χ2v) is 24.3. The third-order valence-corrected chi connectivity index (χ3v) is 12.9. The molecule has 0 unspecified atom stereocenters. The van der Waals surface area contributed by atoms with Gasteiger partial charge in [-0.15, -0.1) is 0 Å². The lowest BCUT2D eigenvalue weighted by Gasteiger charge is -2.32. The van der Waals surface area contributed by atoms with Gasteiger partial charge in [0.05, 0.1) is 16.1 Å². The Bertz CT molecular complexity index is 1730. The molecule has 0 atom stereocenters. The minimum absolute atomic E-state index is 0.651. The van der Waals surface area contributed by atoms with Crippen molar-refractivity contribution >= 4 is 44.6 Å². The van der Waals surface area contributed by atoms with Crippen molar-refractivity contribution < 1.29 is 37.2 Å². The molecule has 4 aliphatic heterocycles. The third-order valence-electron chi connectivity index (χ3n) is 8.70. The molecule has 0 aliphatic carbocycles. The second kappa shape index (κ2) is 11.6. The predicted molar refractivity (Wildman–Crippen MR) is 195 cm³/mol. The predicted octanol–water partition coefficient (Wildman–Crippen LogP) is 7.33. The van der Waals surface area contributed by atoms with E-state index in [0.717, 1.165) is 21.1 Å². The summed E-state index contributed by atoms with van der Waals surface area (Å²) in [6.45, 7) is 13.6. The Labute approximate surface area is 284 Å². The molecule has 0 spiro atoms. The first kappa shape index (κ1) is 30.8. The summed E-state index contributed by atoms with van der Waals surface area (Å²) < 4.78 is 53.3. The zero-order chi connectivity index (χ0) is 33.2. The standard InChI is InChI=1S/C34H34B4O8Si2/c1-47(2,3)33(37-43-27-19-11-12-20-28(27)44-37)31(35-39-23-15-7-8-16-24(23)40-35)32(36-41-25-17-9-10-18-26(25)42-36)34(48(4,5)6)38-45-29-21-13-14-22-30(29)46-38/h7-22H,1-6H3/b33-31+,34-32+. The van der Waals surface area contributed by atoms with Gasteiger partial charge in [-0.25, -0.2) is 0 Å². The summed E-state index contributed by atoms with van der Waals surface area (Å²) in [5.41, 5.74) is 1.53. The van der Waals surface area contributed by atoms with Crippen molar-refractivity contribution in [1.82, 2.24) is 0 Å². The summed E-state index contributed by atoms with van der Waals surface area (Å²) in [6, 6.07) is 30.9. The Balaban J connectivity index is 1.40. The summed E-state index contributed by atoms with van der Waals surface area (Å²) in [7, 11) is -7.92. The lowest BCUT2D eigenvalue weighted by molar-refractivity contribution is 0.496. The van der Waals surface area contributed by atoms with Gasteiger partial charge in [0.15, 0.2) is 0 Å². The van der Waals surface area contributed by atoms with Crippen molar-refractivity contribution in [2.24, 2.45) is 0 Å². The number of hydrogen-bond acceptors (Lipinski definition) is 8. The normalized spacial score (nSPS) is 16.7. The van der Waals surface area contributed by atoms with Crippen LogP contribution < -0.4 is 37.2 Å². The van der Waals surface area contributed by atoms with E-state index in [4.69, 9.17) is 37.2 Å². The van der Waals surface area contributed by atoms with Crippen LogP contribution in [0.2, 0.25) is 39.3 Å². The molecule has 48 heavy (non-hydrogen) atoms. The smallest absolute Gasteiger partial charge is 0.520 e. The van der Waals surface area contributed by atoms with Crippen molar-refractivity contribution in [2.45, 2.75) is 39.3 Å². The van der Waals surface area contributed by atoms with E-state index in [1.54, 1.807) is 0 Å². The lowest BCUT2D eigenvalue weighted by Crippen LogP contribution is -2.51. The Kier molecular flexibility index (Phi) is 7.41. The van der Waals surface area contributed by atoms with Crippen LogP contribution in [0, 0.1) is 0 Å². The van der Waals surface area contributed by atoms with E-state index in [9.17, 15) is 0 Å². The average molecular weight is 670 g/mol. The Morgan fingerprint density at radius 1 is 0.333 bits per heavy atom. The van der Waals surface area contributed by atoms with E-state index in [1.165, 1.54) is 0 Å². The summed E-state index contributed by atoms with van der Waals surface area (Å²) in [4.78, 5) is 0. The first-order valence-electron chi connectivity index (χ1n) is 16.2. The van der Waals surface area contributed by atoms with E-state index in [-0.39, 0.29) is 0 Å². The van der Waals surface area contributed by atoms with Gasteiger partial charge < -0.3 is 37.2 Å². The quantitative estimate of drug-likeness (QED) is 0.150. The molecule has 0 bridgehead atoms. The highest BCUT2D eigenvalue weighted by Crippen LogP contribution is 2.47. The first-order chi connectivity index (χ1) is 23.0. The highest BCUT2D eigenvalue weighted by atomic mass is 28.3. The fraction of sp³-hybridized carbons (Fsp3) is 0.176. The van der Waals surface area contributed by atoms with Gasteiger partial charge in [-0.2, -0.15) is 0 Å². The SMILES string of the molecule is C[Si](C)(C)/C(B1Oc2ccccc2O1)=C(B1Oc2ccccc2O1)\C(B1Oc2ccccc2O1)=C(\B1Oc2ccccc2O1)[Si](C)(C)C. The average Bonchev–Trinajstić information content (AvgIpc) is 3.84. The number of hydrogen-bond donors (Lipinski definition) is 0. The molecule has 0 fully saturated rings. The van der Waals surface area contributed by atoms with Gasteiger partial charge in [-0.05, 0) is 58.7 Å². The number of rotatable bonds is 7. The van der Waals surface area contributed by atoms with Crippen LogP contribution in [0.3, 0.4) is 0 Å². The van der Waals surface area contributed by atoms with Crippen molar-refractivity contribution in [3.05, 3.63) is 118 Å². The fourth-order valence-electron chi connectivity index (χ4n) is 6.64. The molecule has 0 aromatic heterocycles. The van der Waals surface area contributed by atoms with Crippen molar-refractivity contribution in [2.75, 3.05) is 0 Å². The van der Waals surface area contributed by atoms with Gasteiger partial charge in [0, 0.05) is 10.9 Å². The van der Waals surface area contributed by atoms with E-state index >= 15 is 0 Å². The molecule has 0 radical (unpaired) electrons. The van der Waals surface area contributed by atoms with Crippen LogP contribution in [0.25, 0.3) is 0 Å². The van der Waals surface area contributed by atoms with Crippen LogP contribution in [-0.2, 0) is 0 Å². The van der Waals surface area contributed by atoms with Gasteiger partial charge in [0.1, 0.15) is 46.0 Å². The molecule has 4 aromatic carbocycles. The van der Waals surface area contributed by atoms with Crippen molar-refractivity contribution in [3.63, 3.8) is 0 Å². The Morgan fingerprint density at radius 2 is 0.521 bits per heavy atom.